The molecule has 6 nitrogen and oxygen atoms in total. The van der Waals surface area contributed by atoms with E-state index in [4.69, 9.17) is 4.74 Å². The number of piperazine rings is 1. The van der Waals surface area contributed by atoms with E-state index in [0.717, 1.165) is 29.9 Å². The highest BCUT2D eigenvalue weighted by Gasteiger charge is 2.21. The second-order valence-electron chi connectivity index (χ2n) is 7.53. The van der Waals surface area contributed by atoms with Crippen LogP contribution in [0.4, 0.5) is 10.1 Å². The Morgan fingerprint density at radius 2 is 1.77 bits per heavy atom. The molecule has 166 valence electrons. The molecule has 2 aromatic rings. The van der Waals surface area contributed by atoms with E-state index in [0.29, 0.717) is 19.6 Å². The standard InChI is InChI=1S/C23H28FN3O3S/c1-17-3-6-19(7-4-17)25-22(28)15-31-16-23(29)27-11-9-26(10-12-27)14-18-5-8-21(30-2)20(24)13-18/h3-8,13H,9-12,14-16H2,1-2H3,(H,25,28). The second-order valence-corrected chi connectivity index (χ2v) is 8.52. The summed E-state index contributed by atoms with van der Waals surface area (Å²) in [5.74, 6) is 0.330. The highest BCUT2D eigenvalue weighted by molar-refractivity contribution is 8.00. The van der Waals surface area contributed by atoms with Gasteiger partial charge in [-0.2, -0.15) is 0 Å². The van der Waals surface area contributed by atoms with Crippen LogP contribution in [0.25, 0.3) is 0 Å². The summed E-state index contributed by atoms with van der Waals surface area (Å²) in [6, 6.07) is 12.6. The fourth-order valence-corrected chi connectivity index (χ4v) is 4.09. The fourth-order valence-electron chi connectivity index (χ4n) is 3.38. The lowest BCUT2D eigenvalue weighted by Crippen LogP contribution is -2.48. The Bertz CT molecular complexity index is 899. The predicted octanol–water partition coefficient (Wildman–Crippen LogP) is 3.16. The molecule has 0 bridgehead atoms. The van der Waals surface area contributed by atoms with Crippen molar-refractivity contribution in [3.05, 3.63) is 59.4 Å². The number of thioether (sulfide) groups is 1. The monoisotopic (exact) mass is 445 g/mol. The van der Waals surface area contributed by atoms with Crippen molar-refractivity contribution in [3.8, 4) is 5.75 Å². The Morgan fingerprint density at radius 1 is 1.06 bits per heavy atom. The molecule has 1 fully saturated rings. The number of nitrogens with zero attached hydrogens (tertiary/aromatic N) is 2. The molecule has 2 aromatic carbocycles. The lowest BCUT2D eigenvalue weighted by atomic mass is 10.2. The zero-order valence-corrected chi connectivity index (χ0v) is 18.7. The summed E-state index contributed by atoms with van der Waals surface area (Å²) in [7, 11) is 1.45. The first-order chi connectivity index (χ1) is 14.9. The van der Waals surface area contributed by atoms with Gasteiger partial charge in [-0.1, -0.05) is 23.8 Å². The fraction of sp³-hybridized carbons (Fsp3) is 0.391. The number of anilines is 1. The quantitative estimate of drug-likeness (QED) is 0.676. The Kier molecular flexibility index (Phi) is 8.31. The van der Waals surface area contributed by atoms with Crippen LogP contribution in [0, 0.1) is 12.7 Å². The van der Waals surface area contributed by atoms with E-state index >= 15 is 0 Å². The molecular formula is C23H28FN3O3S. The molecule has 1 aliphatic heterocycles. The van der Waals surface area contributed by atoms with Gasteiger partial charge in [-0.15, -0.1) is 11.8 Å². The van der Waals surface area contributed by atoms with E-state index in [1.54, 1.807) is 6.07 Å². The van der Waals surface area contributed by atoms with Crippen LogP contribution in [-0.4, -0.2) is 66.4 Å². The zero-order valence-electron chi connectivity index (χ0n) is 17.9. The summed E-state index contributed by atoms with van der Waals surface area (Å²) in [5.41, 5.74) is 2.78. The van der Waals surface area contributed by atoms with E-state index in [1.165, 1.54) is 24.9 Å². The molecule has 8 heteroatoms. The van der Waals surface area contributed by atoms with E-state index < -0.39 is 0 Å². The van der Waals surface area contributed by atoms with Gasteiger partial charge in [0.2, 0.25) is 11.8 Å². The zero-order chi connectivity index (χ0) is 22.2. The number of methoxy groups -OCH3 is 1. The molecular weight excluding hydrogens is 417 g/mol. The van der Waals surface area contributed by atoms with E-state index in [1.807, 2.05) is 42.2 Å². The molecule has 0 radical (unpaired) electrons. The van der Waals surface area contributed by atoms with Gasteiger partial charge in [0.05, 0.1) is 18.6 Å². The Hall–Kier alpha value is -2.58. The van der Waals surface area contributed by atoms with Crippen molar-refractivity contribution in [3.63, 3.8) is 0 Å². The molecule has 1 aliphatic rings. The van der Waals surface area contributed by atoms with E-state index in [9.17, 15) is 14.0 Å². The number of halogens is 1. The number of carbonyl (C=O) groups is 2. The largest absolute Gasteiger partial charge is 0.494 e. The number of carbonyl (C=O) groups excluding carboxylic acids is 2. The van der Waals surface area contributed by atoms with Crippen LogP contribution in [0.1, 0.15) is 11.1 Å². The van der Waals surface area contributed by atoms with E-state index in [2.05, 4.69) is 10.2 Å². The number of benzene rings is 2. The average Bonchev–Trinajstić information content (AvgIpc) is 2.76. The highest BCUT2D eigenvalue weighted by atomic mass is 32.2. The molecule has 2 amide bonds. The molecule has 0 spiro atoms. The van der Waals surface area contributed by atoms with Crippen molar-refractivity contribution >= 4 is 29.3 Å². The summed E-state index contributed by atoms with van der Waals surface area (Å²) in [6.07, 6.45) is 0. The lowest BCUT2D eigenvalue weighted by molar-refractivity contribution is -0.130. The smallest absolute Gasteiger partial charge is 0.234 e. The molecule has 1 heterocycles. The van der Waals surface area contributed by atoms with Gasteiger partial charge in [0.15, 0.2) is 11.6 Å². The van der Waals surface area contributed by atoms with Gasteiger partial charge in [-0.3, -0.25) is 14.5 Å². The van der Waals surface area contributed by atoms with Gasteiger partial charge < -0.3 is 15.0 Å². The molecule has 0 saturated carbocycles. The van der Waals surface area contributed by atoms with E-state index in [-0.39, 0.29) is 34.9 Å². The normalized spacial score (nSPS) is 14.4. The van der Waals surface area contributed by atoms with Gasteiger partial charge in [0.25, 0.3) is 0 Å². The third-order valence-electron chi connectivity index (χ3n) is 5.14. The van der Waals surface area contributed by atoms with Crippen LogP contribution < -0.4 is 10.1 Å². The first-order valence-electron chi connectivity index (χ1n) is 10.2. The van der Waals surface area contributed by atoms with Crippen LogP contribution >= 0.6 is 11.8 Å². The van der Waals surface area contributed by atoms with Crippen molar-refractivity contribution in [2.45, 2.75) is 13.5 Å². The molecule has 0 aromatic heterocycles. The van der Waals surface area contributed by atoms with Crippen molar-refractivity contribution < 1.29 is 18.7 Å². The van der Waals surface area contributed by atoms with Crippen molar-refractivity contribution in [1.29, 1.82) is 0 Å². The number of rotatable bonds is 8. The summed E-state index contributed by atoms with van der Waals surface area (Å²) in [5, 5.41) is 2.84. The first kappa shape index (κ1) is 23.1. The minimum atomic E-state index is -0.364. The van der Waals surface area contributed by atoms with Gasteiger partial charge in [0.1, 0.15) is 0 Å². The summed E-state index contributed by atoms with van der Waals surface area (Å²) in [6.45, 7) is 5.36. The molecule has 1 saturated heterocycles. The number of nitrogens with one attached hydrogen (secondary N) is 1. The minimum Gasteiger partial charge on any atom is -0.494 e. The van der Waals surface area contributed by atoms with Crippen LogP contribution in [0.3, 0.4) is 0 Å². The maximum absolute atomic E-state index is 13.9. The first-order valence-corrected chi connectivity index (χ1v) is 11.4. The number of hydrogen-bond acceptors (Lipinski definition) is 5. The maximum atomic E-state index is 13.9. The van der Waals surface area contributed by atoms with Crippen LogP contribution in [0.15, 0.2) is 42.5 Å². The van der Waals surface area contributed by atoms with Gasteiger partial charge in [-0.05, 0) is 36.8 Å². The van der Waals surface area contributed by atoms with Gasteiger partial charge in [0, 0.05) is 38.4 Å². The Balaban J connectivity index is 1.35. The number of hydrogen-bond donors (Lipinski definition) is 1. The molecule has 31 heavy (non-hydrogen) atoms. The number of aryl methyl sites for hydroxylation is 1. The van der Waals surface area contributed by atoms with Crippen LogP contribution in [0.2, 0.25) is 0 Å². The number of amides is 2. The Labute approximate surface area is 186 Å². The summed E-state index contributed by atoms with van der Waals surface area (Å²) >= 11 is 1.32. The van der Waals surface area contributed by atoms with Gasteiger partial charge in [-0.25, -0.2) is 4.39 Å². The summed E-state index contributed by atoms with van der Waals surface area (Å²) in [4.78, 5) is 28.5. The number of ether oxygens (including phenoxy) is 1. The minimum absolute atomic E-state index is 0.0447. The molecule has 0 unspecified atom stereocenters. The van der Waals surface area contributed by atoms with Crippen molar-refractivity contribution in [2.75, 3.05) is 50.1 Å². The SMILES string of the molecule is COc1ccc(CN2CCN(C(=O)CSCC(=O)Nc3ccc(C)cc3)CC2)cc1F. The third kappa shape index (κ3) is 6.97. The predicted molar refractivity (Wildman–Crippen MR) is 122 cm³/mol. The average molecular weight is 446 g/mol. The summed E-state index contributed by atoms with van der Waals surface area (Å²) < 4.78 is 18.8. The van der Waals surface area contributed by atoms with Crippen LogP contribution in [0.5, 0.6) is 5.75 Å². The van der Waals surface area contributed by atoms with Crippen molar-refractivity contribution in [1.82, 2.24) is 9.80 Å². The van der Waals surface area contributed by atoms with Gasteiger partial charge >= 0.3 is 0 Å². The maximum Gasteiger partial charge on any atom is 0.234 e. The molecule has 0 atom stereocenters. The third-order valence-corrected chi connectivity index (χ3v) is 6.06. The topological polar surface area (TPSA) is 61.9 Å². The van der Waals surface area contributed by atoms with Crippen LogP contribution in [-0.2, 0) is 16.1 Å². The molecule has 1 N–H and O–H groups in total. The molecule has 0 aliphatic carbocycles. The Morgan fingerprint density at radius 3 is 2.42 bits per heavy atom. The molecule has 3 rings (SSSR count). The van der Waals surface area contributed by atoms with Crippen molar-refractivity contribution in [2.24, 2.45) is 0 Å². The lowest BCUT2D eigenvalue weighted by Gasteiger charge is -2.34. The highest BCUT2D eigenvalue weighted by Crippen LogP contribution is 2.19. The second kappa shape index (κ2) is 11.2.